The minimum absolute atomic E-state index is 0.0651. The predicted octanol–water partition coefficient (Wildman–Crippen LogP) is 3.24. The second-order valence-electron chi connectivity index (χ2n) is 5.84. The van der Waals surface area contributed by atoms with Crippen LogP contribution in [0.1, 0.15) is 16.1 Å². The lowest BCUT2D eigenvalue weighted by molar-refractivity contribution is -0.136. The Bertz CT molecular complexity index is 1070. The maximum atomic E-state index is 13.5. The van der Waals surface area contributed by atoms with Crippen molar-refractivity contribution >= 4 is 28.5 Å². The van der Waals surface area contributed by atoms with Gasteiger partial charge in [-0.25, -0.2) is 0 Å². The van der Waals surface area contributed by atoms with E-state index < -0.39 is 17.6 Å². The Morgan fingerprint density at radius 1 is 1.18 bits per heavy atom. The molecule has 0 fully saturated rings. The number of carbonyl (C=O) groups excluding carboxylic acids is 1. The third-order valence-corrected chi connectivity index (χ3v) is 3.82. The van der Waals surface area contributed by atoms with Crippen molar-refractivity contribution in [3.8, 4) is 11.5 Å². The molecule has 1 heterocycles. The number of rotatable bonds is 3. The molecule has 0 saturated carbocycles. The van der Waals surface area contributed by atoms with E-state index in [1.165, 1.54) is 19.2 Å². The molecule has 0 atom stereocenters. The Hall–Kier alpha value is -3.69. The zero-order chi connectivity index (χ0) is 20.5. The number of nitrogens with zero attached hydrogens (tertiary/aromatic N) is 1. The largest absolute Gasteiger partial charge is 0.457 e. The first-order valence-electron chi connectivity index (χ1n) is 8.01. The van der Waals surface area contributed by atoms with Crippen LogP contribution in [0.2, 0.25) is 0 Å². The molecule has 0 saturated heterocycles. The van der Waals surface area contributed by atoms with Gasteiger partial charge in [-0.2, -0.15) is 18.2 Å². The molecule has 2 aromatic carbocycles. The molecule has 28 heavy (non-hydrogen) atoms. The molecular weight excluding hydrogens is 375 g/mol. The van der Waals surface area contributed by atoms with Crippen molar-refractivity contribution in [2.24, 2.45) is 10.7 Å². The fraction of sp³-hybridized carbons (Fsp3) is 0.111. The van der Waals surface area contributed by atoms with Gasteiger partial charge in [0, 0.05) is 30.3 Å². The minimum atomic E-state index is -4.66. The Kier molecular flexibility index (Phi) is 4.87. The van der Waals surface area contributed by atoms with Crippen LogP contribution in [0.3, 0.4) is 0 Å². The van der Waals surface area contributed by atoms with Gasteiger partial charge >= 0.3 is 6.18 Å². The summed E-state index contributed by atoms with van der Waals surface area (Å²) in [6, 6.07) is 9.58. The summed E-state index contributed by atoms with van der Waals surface area (Å²) in [4.78, 5) is 18.3. The number of aromatic amines is 1. The van der Waals surface area contributed by atoms with Crippen molar-refractivity contribution in [1.82, 2.24) is 10.3 Å². The zero-order valence-electron chi connectivity index (χ0n) is 14.6. The number of anilines is 1. The van der Waals surface area contributed by atoms with Gasteiger partial charge in [0.25, 0.3) is 5.91 Å². The summed E-state index contributed by atoms with van der Waals surface area (Å²) >= 11 is 0. The number of alkyl halides is 3. The first-order chi connectivity index (χ1) is 13.2. The lowest BCUT2D eigenvalue weighted by Gasteiger charge is -2.12. The lowest BCUT2D eigenvalue weighted by Crippen LogP contribution is -2.28. The third-order valence-electron chi connectivity index (χ3n) is 3.82. The van der Waals surface area contributed by atoms with Gasteiger partial charge in [-0.05, 0) is 24.3 Å². The number of hydrogen-bond donors (Lipinski definition) is 4. The van der Waals surface area contributed by atoms with Crippen LogP contribution in [0, 0.1) is 0 Å². The summed E-state index contributed by atoms with van der Waals surface area (Å²) in [5.41, 5.74) is 10.5. The van der Waals surface area contributed by atoms with E-state index in [1.807, 2.05) is 0 Å². The van der Waals surface area contributed by atoms with Crippen LogP contribution in [0.25, 0.3) is 10.9 Å². The van der Waals surface area contributed by atoms with E-state index in [2.05, 4.69) is 15.3 Å². The molecule has 3 rings (SSSR count). The minimum Gasteiger partial charge on any atom is -0.457 e. The predicted molar refractivity (Wildman–Crippen MR) is 99.2 cm³/mol. The van der Waals surface area contributed by atoms with Crippen LogP contribution in [0.15, 0.2) is 47.5 Å². The number of aromatic nitrogens is 1. The molecule has 6 N–H and O–H groups in total. The summed E-state index contributed by atoms with van der Waals surface area (Å²) in [6.45, 7) is 0. The average molecular weight is 391 g/mol. The molecule has 3 aromatic rings. The summed E-state index contributed by atoms with van der Waals surface area (Å²) < 4.78 is 46.1. The molecule has 0 radical (unpaired) electrons. The molecular formula is C18H16F3N5O2. The highest BCUT2D eigenvalue weighted by molar-refractivity contribution is 6.04. The molecule has 0 aliphatic carbocycles. The number of amides is 1. The second kappa shape index (κ2) is 7.14. The van der Waals surface area contributed by atoms with Crippen LogP contribution in [0.5, 0.6) is 11.5 Å². The number of ether oxygens (including phenoxy) is 1. The number of nitrogens with one attached hydrogen (secondary N) is 2. The van der Waals surface area contributed by atoms with Crippen molar-refractivity contribution < 1.29 is 22.7 Å². The van der Waals surface area contributed by atoms with Gasteiger partial charge in [-0.3, -0.25) is 4.79 Å². The molecule has 0 aliphatic heterocycles. The number of halogens is 3. The second-order valence-corrected chi connectivity index (χ2v) is 5.84. The normalized spacial score (nSPS) is 12.2. The number of nitrogens with two attached hydrogens (primary N) is 2. The van der Waals surface area contributed by atoms with Gasteiger partial charge in [0.05, 0.1) is 11.1 Å². The number of hydrogen-bond acceptors (Lipinski definition) is 3. The van der Waals surface area contributed by atoms with E-state index in [-0.39, 0.29) is 34.1 Å². The molecule has 0 spiro atoms. The monoisotopic (exact) mass is 391 g/mol. The van der Waals surface area contributed by atoms with E-state index >= 15 is 0 Å². The van der Waals surface area contributed by atoms with Gasteiger partial charge < -0.3 is 26.5 Å². The number of nitrogen functional groups attached to an aromatic ring is 1. The Morgan fingerprint density at radius 3 is 2.57 bits per heavy atom. The summed E-state index contributed by atoms with van der Waals surface area (Å²) in [5.74, 6) is -0.758. The van der Waals surface area contributed by atoms with Gasteiger partial charge in [0.2, 0.25) is 0 Å². The molecule has 0 aliphatic rings. The quantitative estimate of drug-likeness (QED) is 0.311. The van der Waals surface area contributed by atoms with E-state index in [0.717, 1.165) is 12.1 Å². The highest BCUT2D eigenvalue weighted by Crippen LogP contribution is 2.39. The molecule has 7 nitrogen and oxygen atoms in total. The smallest absolute Gasteiger partial charge is 0.417 e. The van der Waals surface area contributed by atoms with Crippen molar-refractivity contribution in [2.45, 2.75) is 6.18 Å². The molecule has 1 aromatic heterocycles. The maximum Gasteiger partial charge on any atom is 0.417 e. The SMILES string of the molecule is CNC(N)=NC(=O)c1cc2c(C(F)(F)F)cc(Oc3cccc(N)c3)cc2[nH]1. The highest BCUT2D eigenvalue weighted by Gasteiger charge is 2.34. The molecule has 0 unspecified atom stereocenters. The first kappa shape index (κ1) is 19.1. The van der Waals surface area contributed by atoms with Gasteiger partial charge in [-0.15, -0.1) is 0 Å². The number of fused-ring (bicyclic) bond motifs is 1. The fourth-order valence-corrected chi connectivity index (χ4v) is 2.56. The summed E-state index contributed by atoms with van der Waals surface area (Å²) in [5, 5.41) is 2.27. The van der Waals surface area contributed by atoms with Crippen molar-refractivity contribution in [1.29, 1.82) is 0 Å². The van der Waals surface area contributed by atoms with Gasteiger partial charge in [0.15, 0.2) is 5.96 Å². The Morgan fingerprint density at radius 2 is 1.93 bits per heavy atom. The fourth-order valence-electron chi connectivity index (χ4n) is 2.56. The average Bonchev–Trinajstić information content (AvgIpc) is 3.04. The third kappa shape index (κ3) is 4.00. The van der Waals surface area contributed by atoms with Gasteiger partial charge in [0.1, 0.15) is 17.2 Å². The number of carbonyl (C=O) groups is 1. The summed E-state index contributed by atoms with van der Waals surface area (Å²) in [6.07, 6.45) is -4.66. The Labute approximate surface area is 157 Å². The van der Waals surface area contributed by atoms with Crippen LogP contribution in [0.4, 0.5) is 18.9 Å². The van der Waals surface area contributed by atoms with Crippen LogP contribution in [-0.2, 0) is 6.18 Å². The van der Waals surface area contributed by atoms with Crippen molar-refractivity contribution in [2.75, 3.05) is 12.8 Å². The van der Waals surface area contributed by atoms with Crippen molar-refractivity contribution in [3.63, 3.8) is 0 Å². The first-order valence-corrected chi connectivity index (χ1v) is 8.01. The maximum absolute atomic E-state index is 13.5. The van der Waals surface area contributed by atoms with Crippen LogP contribution in [-0.4, -0.2) is 23.9 Å². The number of benzene rings is 2. The van der Waals surface area contributed by atoms with E-state index in [9.17, 15) is 18.0 Å². The van der Waals surface area contributed by atoms with Crippen molar-refractivity contribution in [3.05, 3.63) is 53.7 Å². The number of aliphatic imine (C=N–C) groups is 1. The van der Waals surface area contributed by atoms with Crippen LogP contribution >= 0.6 is 0 Å². The zero-order valence-corrected chi connectivity index (χ0v) is 14.6. The van der Waals surface area contributed by atoms with E-state index in [4.69, 9.17) is 16.2 Å². The highest BCUT2D eigenvalue weighted by atomic mass is 19.4. The van der Waals surface area contributed by atoms with E-state index in [1.54, 1.807) is 18.2 Å². The molecule has 146 valence electrons. The number of H-pyrrole nitrogens is 1. The standard InChI is InChI=1S/C18H16F3N5O2/c1-24-17(23)26-16(27)15-8-12-13(18(19,20)21)6-11(7-14(12)25-15)28-10-4-2-3-9(22)5-10/h2-8,25H,22H2,1H3,(H3,23,24,26,27). The topological polar surface area (TPSA) is 119 Å². The molecule has 10 heteroatoms. The lowest BCUT2D eigenvalue weighted by atomic mass is 10.1. The summed E-state index contributed by atoms with van der Waals surface area (Å²) in [7, 11) is 1.46. The molecule has 0 bridgehead atoms. The van der Waals surface area contributed by atoms with E-state index in [0.29, 0.717) is 5.69 Å². The Balaban J connectivity index is 2.09. The molecule has 1 amide bonds. The number of guanidine groups is 1. The van der Waals surface area contributed by atoms with Crippen LogP contribution < -0.4 is 21.5 Å². The van der Waals surface area contributed by atoms with Gasteiger partial charge in [-0.1, -0.05) is 6.07 Å².